The van der Waals surface area contributed by atoms with Crippen molar-refractivity contribution in [3.63, 3.8) is 0 Å². The summed E-state index contributed by atoms with van der Waals surface area (Å²) in [5.74, 6) is -2.09. The van der Waals surface area contributed by atoms with Gasteiger partial charge in [-0.2, -0.15) is 5.10 Å². The fourth-order valence-corrected chi connectivity index (χ4v) is 1.21. The molecule has 0 unspecified atom stereocenters. The molecule has 1 rings (SSSR count). The zero-order valence-electron chi connectivity index (χ0n) is 8.21. The lowest BCUT2D eigenvalue weighted by Gasteiger charge is -2.08. The highest BCUT2D eigenvalue weighted by Crippen LogP contribution is 2.19. The topological polar surface area (TPSA) is 43.8 Å². The average molecular weight is 203 g/mol. The van der Waals surface area contributed by atoms with Gasteiger partial charge >= 0.3 is 0 Å². The number of aryl methyl sites for hydroxylation is 1. The smallest absolute Gasteiger partial charge is 0.245 e. The van der Waals surface area contributed by atoms with Crippen molar-refractivity contribution in [1.29, 1.82) is 0 Å². The van der Waals surface area contributed by atoms with Crippen molar-refractivity contribution in [2.45, 2.75) is 38.7 Å². The first-order valence-corrected chi connectivity index (χ1v) is 4.64. The van der Waals surface area contributed by atoms with Crippen LogP contribution in [0.5, 0.6) is 0 Å². The normalized spacial score (nSPS) is 11.9. The van der Waals surface area contributed by atoms with Gasteiger partial charge in [0.1, 0.15) is 5.82 Å². The second-order valence-corrected chi connectivity index (χ2v) is 3.53. The van der Waals surface area contributed by atoms with Crippen molar-refractivity contribution in [3.8, 4) is 0 Å². The van der Waals surface area contributed by atoms with Crippen LogP contribution in [0.3, 0.4) is 0 Å². The van der Waals surface area contributed by atoms with Gasteiger partial charge < -0.3 is 5.73 Å². The summed E-state index contributed by atoms with van der Waals surface area (Å²) in [6.45, 7) is 1.59. The van der Waals surface area contributed by atoms with Gasteiger partial charge in [-0.15, -0.1) is 0 Å². The molecule has 0 aliphatic heterocycles. The number of alkyl halides is 2. The third-order valence-corrected chi connectivity index (χ3v) is 1.91. The zero-order valence-corrected chi connectivity index (χ0v) is 8.21. The number of aromatic nitrogens is 2. The largest absolute Gasteiger partial charge is 0.382 e. The lowest BCUT2D eigenvalue weighted by Crippen LogP contribution is -2.09. The Kier molecular flexibility index (Phi) is 3.43. The fourth-order valence-electron chi connectivity index (χ4n) is 1.21. The molecule has 0 saturated heterocycles. The summed E-state index contributed by atoms with van der Waals surface area (Å²) in [7, 11) is 0. The third kappa shape index (κ3) is 4.20. The number of anilines is 1. The van der Waals surface area contributed by atoms with Crippen LogP contribution in [-0.2, 0) is 6.54 Å². The van der Waals surface area contributed by atoms with Gasteiger partial charge in [-0.25, -0.2) is 8.78 Å². The first-order chi connectivity index (χ1) is 6.47. The molecule has 1 aromatic heterocycles. The highest BCUT2D eigenvalue weighted by molar-refractivity contribution is 5.23. The maximum absolute atomic E-state index is 12.4. The number of nitrogen functional groups attached to an aromatic ring is 1. The molecule has 0 fully saturated rings. The number of hydrogen-bond donors (Lipinski definition) is 1. The van der Waals surface area contributed by atoms with E-state index in [9.17, 15) is 8.78 Å². The summed E-state index contributed by atoms with van der Waals surface area (Å²) in [6.07, 6.45) is 2.89. The van der Waals surface area contributed by atoms with Crippen molar-refractivity contribution in [3.05, 3.63) is 12.3 Å². The third-order valence-electron chi connectivity index (χ3n) is 1.91. The van der Waals surface area contributed by atoms with Crippen molar-refractivity contribution in [2.24, 2.45) is 0 Å². The molecule has 14 heavy (non-hydrogen) atoms. The number of hydrogen-bond acceptors (Lipinski definition) is 2. The molecule has 1 heterocycles. The van der Waals surface area contributed by atoms with E-state index in [-0.39, 0.29) is 6.42 Å². The Morgan fingerprint density at radius 3 is 2.71 bits per heavy atom. The monoisotopic (exact) mass is 203 g/mol. The first-order valence-electron chi connectivity index (χ1n) is 4.64. The fraction of sp³-hybridized carbons (Fsp3) is 0.667. The van der Waals surface area contributed by atoms with Crippen LogP contribution < -0.4 is 5.73 Å². The molecule has 0 radical (unpaired) electrons. The second-order valence-electron chi connectivity index (χ2n) is 3.53. The second kappa shape index (κ2) is 4.39. The van der Waals surface area contributed by atoms with E-state index in [4.69, 9.17) is 5.73 Å². The van der Waals surface area contributed by atoms with E-state index in [1.807, 2.05) is 0 Å². The first kappa shape index (κ1) is 10.9. The maximum Gasteiger partial charge on any atom is 0.245 e. The van der Waals surface area contributed by atoms with E-state index in [0.29, 0.717) is 25.2 Å². The zero-order chi connectivity index (χ0) is 10.6. The van der Waals surface area contributed by atoms with Crippen LogP contribution in [0.1, 0.15) is 26.2 Å². The molecule has 0 bridgehead atoms. The van der Waals surface area contributed by atoms with Crippen LogP contribution in [0.2, 0.25) is 0 Å². The van der Waals surface area contributed by atoms with Crippen molar-refractivity contribution in [2.75, 3.05) is 5.73 Å². The molecule has 0 aromatic carbocycles. The lowest BCUT2D eigenvalue weighted by atomic mass is 10.1. The Morgan fingerprint density at radius 1 is 1.50 bits per heavy atom. The van der Waals surface area contributed by atoms with Gasteiger partial charge in [0.25, 0.3) is 0 Å². The van der Waals surface area contributed by atoms with Gasteiger partial charge in [0, 0.05) is 19.2 Å². The van der Waals surface area contributed by atoms with E-state index in [1.54, 1.807) is 16.9 Å². The maximum atomic E-state index is 12.4. The molecule has 3 nitrogen and oxygen atoms in total. The van der Waals surface area contributed by atoms with E-state index < -0.39 is 5.92 Å². The number of nitrogens with zero attached hydrogens (tertiary/aromatic N) is 2. The Bertz CT molecular complexity index is 278. The predicted octanol–water partition coefficient (Wildman–Crippen LogP) is 2.29. The molecule has 1 aromatic rings. The number of halogens is 2. The Hall–Kier alpha value is -1.13. The van der Waals surface area contributed by atoms with Gasteiger partial charge in [0.2, 0.25) is 5.92 Å². The molecular formula is C9H15F2N3. The summed E-state index contributed by atoms with van der Waals surface area (Å²) >= 11 is 0. The Balaban J connectivity index is 2.16. The standard InChI is InChI=1S/C9H15F2N3/c1-9(10,11)5-2-3-6-14-7-4-8(12)13-14/h4,7H,2-3,5-6H2,1H3,(H2,12,13). The minimum Gasteiger partial charge on any atom is -0.382 e. The molecule has 0 amide bonds. The van der Waals surface area contributed by atoms with E-state index >= 15 is 0 Å². The van der Waals surface area contributed by atoms with Crippen LogP contribution in [0.4, 0.5) is 14.6 Å². The number of rotatable bonds is 5. The molecule has 80 valence electrons. The summed E-state index contributed by atoms with van der Waals surface area (Å²) in [5, 5.41) is 3.95. The van der Waals surface area contributed by atoms with E-state index in [2.05, 4.69) is 5.10 Å². The molecule has 5 heteroatoms. The van der Waals surface area contributed by atoms with Crippen LogP contribution in [0.15, 0.2) is 12.3 Å². The van der Waals surface area contributed by atoms with E-state index in [0.717, 1.165) is 6.92 Å². The van der Waals surface area contributed by atoms with Crippen LogP contribution in [0.25, 0.3) is 0 Å². The number of unbranched alkanes of at least 4 members (excludes halogenated alkanes) is 1. The van der Waals surface area contributed by atoms with Gasteiger partial charge in [0.15, 0.2) is 0 Å². The van der Waals surface area contributed by atoms with Crippen LogP contribution in [0, 0.1) is 0 Å². The van der Waals surface area contributed by atoms with Crippen molar-refractivity contribution < 1.29 is 8.78 Å². The summed E-state index contributed by atoms with van der Waals surface area (Å²) in [6, 6.07) is 1.69. The summed E-state index contributed by atoms with van der Waals surface area (Å²) in [4.78, 5) is 0. The SMILES string of the molecule is CC(F)(F)CCCCn1ccc(N)n1. The minimum absolute atomic E-state index is 0.0657. The van der Waals surface area contributed by atoms with Gasteiger partial charge in [-0.1, -0.05) is 0 Å². The highest BCUT2D eigenvalue weighted by atomic mass is 19.3. The molecule has 0 atom stereocenters. The predicted molar refractivity (Wildman–Crippen MR) is 51.1 cm³/mol. The molecular weight excluding hydrogens is 188 g/mol. The van der Waals surface area contributed by atoms with Crippen molar-refractivity contribution in [1.82, 2.24) is 9.78 Å². The Labute approximate surface area is 81.9 Å². The highest BCUT2D eigenvalue weighted by Gasteiger charge is 2.19. The summed E-state index contributed by atoms with van der Waals surface area (Å²) in [5.41, 5.74) is 5.40. The lowest BCUT2D eigenvalue weighted by molar-refractivity contribution is 0.0102. The van der Waals surface area contributed by atoms with Gasteiger partial charge in [-0.3, -0.25) is 4.68 Å². The average Bonchev–Trinajstić information content (AvgIpc) is 2.44. The van der Waals surface area contributed by atoms with E-state index in [1.165, 1.54) is 0 Å². The molecule has 0 aliphatic carbocycles. The molecule has 2 N–H and O–H groups in total. The Morgan fingerprint density at radius 2 is 2.21 bits per heavy atom. The quantitative estimate of drug-likeness (QED) is 0.746. The van der Waals surface area contributed by atoms with Crippen molar-refractivity contribution >= 4 is 5.82 Å². The van der Waals surface area contributed by atoms with Crippen LogP contribution in [-0.4, -0.2) is 15.7 Å². The molecule has 0 aliphatic rings. The number of nitrogens with two attached hydrogens (primary N) is 1. The summed E-state index contributed by atoms with van der Waals surface area (Å²) < 4.78 is 26.5. The molecule has 0 spiro atoms. The van der Waals surface area contributed by atoms with Crippen LogP contribution >= 0.6 is 0 Å². The molecule has 0 saturated carbocycles. The van der Waals surface area contributed by atoms with Gasteiger partial charge in [-0.05, 0) is 25.8 Å². The minimum atomic E-state index is -2.55. The van der Waals surface area contributed by atoms with Gasteiger partial charge in [0.05, 0.1) is 0 Å².